The first-order valence-corrected chi connectivity index (χ1v) is 6.12. The molecule has 1 heterocycles. The second-order valence-corrected chi connectivity index (χ2v) is 4.44. The third kappa shape index (κ3) is 1.84. The van der Waals surface area contributed by atoms with Crippen molar-refractivity contribution in [3.8, 4) is 0 Å². The van der Waals surface area contributed by atoms with Gasteiger partial charge in [0.2, 0.25) is 5.91 Å². The molecule has 0 saturated carbocycles. The summed E-state index contributed by atoms with van der Waals surface area (Å²) >= 11 is 0. The van der Waals surface area contributed by atoms with Crippen LogP contribution in [0, 0.1) is 5.92 Å². The van der Waals surface area contributed by atoms with Crippen LogP contribution in [0.5, 0.6) is 0 Å². The molecule has 2 heteroatoms. The molecule has 1 aliphatic rings. The molecular weight excluding hydrogens is 198 g/mol. The lowest BCUT2D eigenvalue weighted by Gasteiger charge is -2.47. The molecule has 0 bridgehead atoms. The molecule has 1 saturated heterocycles. The number of amides is 1. The van der Waals surface area contributed by atoms with Gasteiger partial charge >= 0.3 is 0 Å². The minimum Gasteiger partial charge on any atom is -0.334 e. The van der Waals surface area contributed by atoms with E-state index < -0.39 is 0 Å². The van der Waals surface area contributed by atoms with E-state index >= 15 is 0 Å². The minimum atomic E-state index is 0.272. The van der Waals surface area contributed by atoms with Crippen molar-refractivity contribution in [3.05, 3.63) is 35.9 Å². The van der Waals surface area contributed by atoms with Gasteiger partial charge in [0, 0.05) is 12.6 Å². The molecule has 0 aliphatic carbocycles. The third-order valence-corrected chi connectivity index (χ3v) is 3.52. The summed E-state index contributed by atoms with van der Waals surface area (Å²) in [7, 11) is 0. The Bertz CT molecular complexity index is 360. The molecule has 0 aromatic heterocycles. The number of carbonyl (C=O) groups is 1. The zero-order valence-corrected chi connectivity index (χ0v) is 10.0. The summed E-state index contributed by atoms with van der Waals surface area (Å²) < 4.78 is 0. The minimum absolute atomic E-state index is 0.272. The molecule has 86 valence electrons. The van der Waals surface area contributed by atoms with Gasteiger partial charge in [-0.25, -0.2) is 0 Å². The summed E-state index contributed by atoms with van der Waals surface area (Å²) in [5.41, 5.74) is 1.23. The normalized spacial score (nSPS) is 24.4. The van der Waals surface area contributed by atoms with Gasteiger partial charge in [0.05, 0.1) is 5.92 Å². The lowest BCUT2D eigenvalue weighted by molar-refractivity contribution is -0.157. The first kappa shape index (κ1) is 11.2. The molecule has 0 N–H and O–H groups in total. The van der Waals surface area contributed by atoms with Crippen molar-refractivity contribution in [1.82, 2.24) is 4.90 Å². The highest BCUT2D eigenvalue weighted by Gasteiger charge is 2.44. The van der Waals surface area contributed by atoms with Gasteiger partial charge in [0.1, 0.15) is 0 Å². The summed E-state index contributed by atoms with van der Waals surface area (Å²) in [5.74, 6) is 0.604. The maximum atomic E-state index is 11.9. The Morgan fingerprint density at radius 2 is 1.81 bits per heavy atom. The largest absolute Gasteiger partial charge is 0.334 e. The fraction of sp³-hybridized carbons (Fsp3) is 0.500. The Morgan fingerprint density at radius 1 is 1.12 bits per heavy atom. The Balaban J connectivity index is 2.03. The van der Waals surface area contributed by atoms with Crippen LogP contribution in [-0.2, 0) is 11.3 Å². The van der Waals surface area contributed by atoms with E-state index in [1.807, 2.05) is 23.1 Å². The number of rotatable bonds is 4. The monoisotopic (exact) mass is 217 g/mol. The van der Waals surface area contributed by atoms with Crippen LogP contribution < -0.4 is 0 Å². The van der Waals surface area contributed by atoms with Crippen molar-refractivity contribution in [2.45, 2.75) is 39.3 Å². The summed E-state index contributed by atoms with van der Waals surface area (Å²) in [6.07, 6.45) is 2.04. The number of carbonyl (C=O) groups excluding carboxylic acids is 1. The van der Waals surface area contributed by atoms with E-state index in [1.54, 1.807) is 0 Å². The molecule has 0 spiro atoms. The summed E-state index contributed by atoms with van der Waals surface area (Å²) in [4.78, 5) is 13.9. The van der Waals surface area contributed by atoms with Crippen LogP contribution in [0.2, 0.25) is 0 Å². The number of hydrogen-bond donors (Lipinski definition) is 0. The second-order valence-electron chi connectivity index (χ2n) is 4.44. The smallest absolute Gasteiger partial charge is 0.228 e. The van der Waals surface area contributed by atoms with Gasteiger partial charge in [-0.3, -0.25) is 4.79 Å². The van der Waals surface area contributed by atoms with Crippen LogP contribution in [0.1, 0.15) is 32.3 Å². The number of β-lactam (4-membered cyclic amide) rings is 1. The van der Waals surface area contributed by atoms with Crippen LogP contribution in [0.15, 0.2) is 30.3 Å². The first-order valence-electron chi connectivity index (χ1n) is 6.12. The van der Waals surface area contributed by atoms with Crippen LogP contribution in [0.3, 0.4) is 0 Å². The molecule has 1 aromatic rings. The number of benzene rings is 1. The lowest BCUT2D eigenvalue weighted by atomic mass is 9.83. The van der Waals surface area contributed by atoms with E-state index in [2.05, 4.69) is 26.0 Å². The van der Waals surface area contributed by atoms with Crippen molar-refractivity contribution in [2.75, 3.05) is 0 Å². The van der Waals surface area contributed by atoms with E-state index in [4.69, 9.17) is 0 Å². The van der Waals surface area contributed by atoms with Crippen molar-refractivity contribution in [3.63, 3.8) is 0 Å². The topological polar surface area (TPSA) is 20.3 Å². The number of likely N-dealkylation sites (tertiary alicyclic amines) is 1. The van der Waals surface area contributed by atoms with Gasteiger partial charge in [0.15, 0.2) is 0 Å². The van der Waals surface area contributed by atoms with Gasteiger partial charge in [-0.15, -0.1) is 0 Å². The fourth-order valence-corrected chi connectivity index (χ4v) is 2.60. The van der Waals surface area contributed by atoms with Gasteiger partial charge < -0.3 is 4.90 Å². The van der Waals surface area contributed by atoms with Crippen molar-refractivity contribution in [1.29, 1.82) is 0 Å². The van der Waals surface area contributed by atoms with Crippen LogP contribution in [-0.4, -0.2) is 16.8 Å². The van der Waals surface area contributed by atoms with E-state index in [1.165, 1.54) is 5.56 Å². The van der Waals surface area contributed by atoms with Gasteiger partial charge in [-0.05, 0) is 18.4 Å². The highest BCUT2D eigenvalue weighted by atomic mass is 16.2. The Labute approximate surface area is 97.3 Å². The Hall–Kier alpha value is -1.31. The summed E-state index contributed by atoms with van der Waals surface area (Å²) in [5, 5.41) is 0. The lowest BCUT2D eigenvalue weighted by Crippen LogP contribution is -2.59. The van der Waals surface area contributed by atoms with E-state index in [9.17, 15) is 4.79 Å². The van der Waals surface area contributed by atoms with Crippen molar-refractivity contribution >= 4 is 5.91 Å². The van der Waals surface area contributed by atoms with Gasteiger partial charge in [-0.1, -0.05) is 44.2 Å². The fourth-order valence-electron chi connectivity index (χ4n) is 2.60. The zero-order valence-electron chi connectivity index (χ0n) is 10.0. The molecule has 16 heavy (non-hydrogen) atoms. The van der Waals surface area contributed by atoms with Gasteiger partial charge in [-0.2, -0.15) is 0 Å². The Kier molecular flexibility index (Phi) is 3.28. The van der Waals surface area contributed by atoms with Crippen LogP contribution >= 0.6 is 0 Å². The van der Waals surface area contributed by atoms with E-state index in [0.29, 0.717) is 11.9 Å². The number of hydrogen-bond acceptors (Lipinski definition) is 1. The standard InChI is InChI=1S/C14H19NO/c1-3-12-13(4-2)15(14(12)16)10-11-8-6-5-7-9-11/h5-9,12-13H,3-4,10H2,1-2H3/t12-,13+/m1/s1. The number of nitrogens with zero attached hydrogens (tertiary/aromatic N) is 1. The predicted molar refractivity (Wildman–Crippen MR) is 64.9 cm³/mol. The van der Waals surface area contributed by atoms with Crippen molar-refractivity contribution < 1.29 is 4.79 Å². The molecule has 0 radical (unpaired) electrons. The maximum absolute atomic E-state index is 11.9. The van der Waals surface area contributed by atoms with Gasteiger partial charge in [0.25, 0.3) is 0 Å². The molecular formula is C14H19NO. The quantitative estimate of drug-likeness (QED) is 0.710. The molecule has 2 rings (SSSR count). The predicted octanol–water partition coefficient (Wildman–Crippen LogP) is 2.83. The molecule has 1 aliphatic heterocycles. The van der Waals surface area contributed by atoms with E-state index in [0.717, 1.165) is 19.4 Å². The molecule has 1 amide bonds. The van der Waals surface area contributed by atoms with Crippen LogP contribution in [0.25, 0.3) is 0 Å². The molecule has 0 unspecified atom stereocenters. The first-order chi connectivity index (χ1) is 7.77. The summed E-state index contributed by atoms with van der Waals surface area (Å²) in [6.45, 7) is 5.04. The van der Waals surface area contributed by atoms with Crippen LogP contribution in [0.4, 0.5) is 0 Å². The highest BCUT2D eigenvalue weighted by molar-refractivity contribution is 5.85. The average Bonchev–Trinajstić information content (AvgIpc) is 2.33. The van der Waals surface area contributed by atoms with Crippen molar-refractivity contribution in [2.24, 2.45) is 5.92 Å². The average molecular weight is 217 g/mol. The maximum Gasteiger partial charge on any atom is 0.228 e. The second kappa shape index (κ2) is 4.69. The molecule has 2 nitrogen and oxygen atoms in total. The Morgan fingerprint density at radius 3 is 2.38 bits per heavy atom. The highest BCUT2D eigenvalue weighted by Crippen LogP contribution is 2.32. The molecule has 2 atom stereocenters. The third-order valence-electron chi connectivity index (χ3n) is 3.52. The summed E-state index contributed by atoms with van der Waals surface area (Å²) in [6, 6.07) is 10.7. The zero-order chi connectivity index (χ0) is 11.5. The van der Waals surface area contributed by atoms with E-state index in [-0.39, 0.29) is 5.92 Å². The SMILES string of the molecule is CC[C@H]1C(=O)N(Cc2ccccc2)[C@H]1CC. The molecule has 1 aromatic carbocycles. The molecule has 1 fully saturated rings.